The number of nitrogen functional groups attached to an aromatic ring is 1. The van der Waals surface area contributed by atoms with E-state index in [1.807, 2.05) is 42.5 Å². The summed E-state index contributed by atoms with van der Waals surface area (Å²) in [6.07, 6.45) is 0. The fraction of sp³-hybridized carbons (Fsp3) is 0. The second-order valence-electron chi connectivity index (χ2n) is 6.09. The zero-order valence-corrected chi connectivity index (χ0v) is 13.6. The molecule has 2 N–H and O–H groups in total. The van der Waals surface area contributed by atoms with Crippen LogP contribution in [0.15, 0.2) is 84.9 Å². The molecule has 2 nitrogen and oxygen atoms in total. The second-order valence-corrected chi connectivity index (χ2v) is 6.09. The minimum atomic E-state index is 0.686. The number of nitrogens with two attached hydrogens (primary N) is 1. The Kier molecular flexibility index (Phi) is 3.68. The van der Waals surface area contributed by atoms with Gasteiger partial charge in [0.1, 0.15) is 0 Å². The number of fused-ring (bicyclic) bond motifs is 1. The van der Waals surface area contributed by atoms with Crippen molar-refractivity contribution < 1.29 is 0 Å². The average molecular weight is 320 g/mol. The van der Waals surface area contributed by atoms with Crippen molar-refractivity contribution in [2.45, 2.75) is 0 Å². The predicted octanol–water partition coefficient (Wildman–Crippen LogP) is 5.63. The van der Waals surface area contributed by atoms with Gasteiger partial charge >= 0.3 is 0 Å². The molecule has 0 saturated heterocycles. The fourth-order valence-electron chi connectivity index (χ4n) is 3.05. The van der Waals surface area contributed by atoms with E-state index in [-0.39, 0.29) is 0 Å². The monoisotopic (exact) mass is 320 g/mol. The van der Waals surface area contributed by atoms with Gasteiger partial charge < -0.3 is 5.73 Å². The van der Waals surface area contributed by atoms with Crippen LogP contribution in [0.1, 0.15) is 5.56 Å². The molecule has 0 saturated carbocycles. The molecule has 0 atom stereocenters. The van der Waals surface area contributed by atoms with E-state index in [9.17, 15) is 0 Å². The molecule has 0 unspecified atom stereocenters. The lowest BCUT2D eigenvalue weighted by Crippen LogP contribution is -1.85. The van der Waals surface area contributed by atoms with Crippen molar-refractivity contribution in [2.75, 3.05) is 5.73 Å². The summed E-state index contributed by atoms with van der Waals surface area (Å²) in [7, 11) is 0. The van der Waals surface area contributed by atoms with Crippen molar-refractivity contribution in [3.05, 3.63) is 90.5 Å². The van der Waals surface area contributed by atoms with Crippen molar-refractivity contribution >= 4 is 16.5 Å². The van der Waals surface area contributed by atoms with Crippen LogP contribution < -0.4 is 5.73 Å². The highest BCUT2D eigenvalue weighted by Gasteiger charge is 2.04. The molecule has 0 radical (unpaired) electrons. The molecule has 25 heavy (non-hydrogen) atoms. The number of benzene rings is 4. The summed E-state index contributed by atoms with van der Waals surface area (Å²) >= 11 is 0. The second kappa shape index (κ2) is 6.14. The summed E-state index contributed by atoms with van der Waals surface area (Å²) in [5.41, 5.74) is 11.9. The molecule has 4 aromatic carbocycles. The minimum Gasteiger partial charge on any atom is -0.399 e. The number of nitriles is 1. The van der Waals surface area contributed by atoms with Crippen LogP contribution in [-0.2, 0) is 0 Å². The van der Waals surface area contributed by atoms with E-state index in [2.05, 4.69) is 48.5 Å². The molecule has 118 valence electrons. The topological polar surface area (TPSA) is 49.8 Å². The summed E-state index contributed by atoms with van der Waals surface area (Å²) in [6.45, 7) is 0. The molecular formula is C23H16N2. The summed E-state index contributed by atoms with van der Waals surface area (Å²) in [6, 6.07) is 30.7. The summed E-state index contributed by atoms with van der Waals surface area (Å²) in [5.74, 6) is 0. The first-order chi connectivity index (χ1) is 12.2. The van der Waals surface area contributed by atoms with Crippen molar-refractivity contribution in [1.29, 1.82) is 5.26 Å². The van der Waals surface area contributed by atoms with Crippen molar-refractivity contribution in [1.82, 2.24) is 0 Å². The minimum absolute atomic E-state index is 0.686. The van der Waals surface area contributed by atoms with Crippen molar-refractivity contribution in [3.8, 4) is 28.3 Å². The van der Waals surface area contributed by atoms with Gasteiger partial charge in [-0.15, -0.1) is 0 Å². The highest BCUT2D eigenvalue weighted by Crippen LogP contribution is 2.29. The third-order valence-corrected chi connectivity index (χ3v) is 4.41. The van der Waals surface area contributed by atoms with Crippen molar-refractivity contribution in [2.24, 2.45) is 0 Å². The van der Waals surface area contributed by atoms with Crippen LogP contribution in [0.2, 0.25) is 0 Å². The molecule has 2 heteroatoms. The molecular weight excluding hydrogens is 304 g/mol. The van der Waals surface area contributed by atoms with Gasteiger partial charge in [-0.3, -0.25) is 0 Å². The quantitative estimate of drug-likeness (QED) is 0.487. The van der Waals surface area contributed by atoms with E-state index >= 15 is 0 Å². The Bertz CT molecular complexity index is 1100. The van der Waals surface area contributed by atoms with E-state index in [0.717, 1.165) is 33.2 Å². The Morgan fingerprint density at radius 3 is 1.96 bits per heavy atom. The number of rotatable bonds is 2. The number of hydrogen-bond donors (Lipinski definition) is 1. The SMILES string of the molecule is N#Cc1ccc2cc(-c3cccc(-c4ccc(N)cc4)c3)ccc2c1. The van der Waals surface area contributed by atoms with E-state index in [4.69, 9.17) is 11.0 Å². The highest BCUT2D eigenvalue weighted by atomic mass is 14.5. The first-order valence-electron chi connectivity index (χ1n) is 8.13. The number of anilines is 1. The van der Waals surface area contributed by atoms with Gasteiger partial charge in [-0.1, -0.05) is 48.5 Å². The van der Waals surface area contributed by atoms with E-state index in [0.29, 0.717) is 5.56 Å². The van der Waals surface area contributed by atoms with Gasteiger partial charge in [0.05, 0.1) is 11.6 Å². The Labute approximate surface area is 146 Å². The molecule has 0 spiro atoms. The van der Waals surface area contributed by atoms with E-state index in [1.165, 1.54) is 5.56 Å². The molecule has 0 amide bonds. The van der Waals surface area contributed by atoms with Crippen LogP contribution in [0, 0.1) is 11.3 Å². The fourth-order valence-corrected chi connectivity index (χ4v) is 3.05. The maximum Gasteiger partial charge on any atom is 0.0991 e. The lowest BCUT2D eigenvalue weighted by atomic mass is 9.97. The molecule has 0 bridgehead atoms. The van der Waals surface area contributed by atoms with Gasteiger partial charge in [-0.05, 0) is 69.4 Å². The van der Waals surface area contributed by atoms with Gasteiger partial charge in [-0.2, -0.15) is 5.26 Å². The lowest BCUT2D eigenvalue weighted by Gasteiger charge is -2.08. The van der Waals surface area contributed by atoms with Gasteiger partial charge in [-0.25, -0.2) is 0 Å². The Hall–Kier alpha value is -3.57. The van der Waals surface area contributed by atoms with E-state index < -0.39 is 0 Å². The van der Waals surface area contributed by atoms with Crippen LogP contribution in [0.3, 0.4) is 0 Å². The maximum atomic E-state index is 9.03. The highest BCUT2D eigenvalue weighted by molar-refractivity contribution is 5.89. The summed E-state index contributed by atoms with van der Waals surface area (Å²) in [4.78, 5) is 0. The lowest BCUT2D eigenvalue weighted by molar-refractivity contribution is 1.50. The third kappa shape index (κ3) is 2.96. The molecule has 0 aromatic heterocycles. The van der Waals surface area contributed by atoms with Gasteiger partial charge in [0.2, 0.25) is 0 Å². The summed E-state index contributed by atoms with van der Waals surface area (Å²) < 4.78 is 0. The van der Waals surface area contributed by atoms with E-state index in [1.54, 1.807) is 0 Å². The molecule has 0 aliphatic carbocycles. The molecule has 0 aliphatic rings. The molecule has 0 heterocycles. The van der Waals surface area contributed by atoms with Crippen LogP contribution >= 0.6 is 0 Å². The molecule has 0 fully saturated rings. The van der Waals surface area contributed by atoms with Crippen LogP contribution in [0.5, 0.6) is 0 Å². The van der Waals surface area contributed by atoms with Crippen molar-refractivity contribution in [3.63, 3.8) is 0 Å². The number of hydrogen-bond acceptors (Lipinski definition) is 2. The maximum absolute atomic E-state index is 9.03. The van der Waals surface area contributed by atoms with Gasteiger partial charge in [0.25, 0.3) is 0 Å². The zero-order valence-electron chi connectivity index (χ0n) is 13.6. The Balaban J connectivity index is 1.77. The van der Waals surface area contributed by atoms with Crippen LogP contribution in [0.4, 0.5) is 5.69 Å². The first kappa shape index (κ1) is 15.0. The largest absolute Gasteiger partial charge is 0.399 e. The average Bonchev–Trinajstić information content (AvgIpc) is 2.68. The summed E-state index contributed by atoms with van der Waals surface area (Å²) in [5, 5.41) is 11.2. The zero-order chi connectivity index (χ0) is 17.2. The standard InChI is InChI=1S/C23H16N2/c24-15-16-4-5-21-14-22(7-6-20(21)12-16)19-3-1-2-18(13-19)17-8-10-23(25)11-9-17/h1-14H,25H2. The predicted molar refractivity (Wildman–Crippen MR) is 104 cm³/mol. The number of nitrogens with zero attached hydrogens (tertiary/aromatic N) is 1. The van der Waals surface area contributed by atoms with Crippen LogP contribution in [0.25, 0.3) is 33.0 Å². The van der Waals surface area contributed by atoms with Crippen LogP contribution in [-0.4, -0.2) is 0 Å². The molecule has 4 aromatic rings. The molecule has 0 aliphatic heterocycles. The molecule has 4 rings (SSSR count). The van der Waals surface area contributed by atoms with Gasteiger partial charge in [0, 0.05) is 5.69 Å². The normalized spacial score (nSPS) is 10.5. The van der Waals surface area contributed by atoms with Gasteiger partial charge in [0.15, 0.2) is 0 Å². The first-order valence-corrected chi connectivity index (χ1v) is 8.13. The Morgan fingerprint density at radius 1 is 0.600 bits per heavy atom. The third-order valence-electron chi connectivity index (χ3n) is 4.41. The smallest absolute Gasteiger partial charge is 0.0991 e. The Morgan fingerprint density at radius 2 is 1.20 bits per heavy atom.